The maximum Gasteiger partial charge on any atom is 0.325 e. The molecule has 0 N–H and O–H groups in total. The fraction of sp³-hybridized carbons (Fsp3) is 0.429. The van der Waals surface area contributed by atoms with Gasteiger partial charge in [0.05, 0.1) is 13.0 Å². The first kappa shape index (κ1) is 16.1. The number of amides is 1. The van der Waals surface area contributed by atoms with E-state index in [1.807, 2.05) is 0 Å². The molecule has 4 nitrogen and oxygen atoms in total. The molecule has 0 aliphatic rings. The zero-order valence-corrected chi connectivity index (χ0v) is 11.5. The second kappa shape index (κ2) is 7.57. The number of hydrogen-bond donors (Lipinski definition) is 0. The zero-order valence-electron chi connectivity index (χ0n) is 11.5. The third-order valence-electron chi connectivity index (χ3n) is 2.72. The molecule has 0 radical (unpaired) electrons. The lowest BCUT2D eigenvalue weighted by atomic mass is 10.1. The van der Waals surface area contributed by atoms with Crippen LogP contribution in [0.15, 0.2) is 18.2 Å². The molecule has 0 atom stereocenters. The van der Waals surface area contributed by atoms with Crippen molar-refractivity contribution in [2.75, 3.05) is 19.7 Å². The Morgan fingerprint density at radius 1 is 1.25 bits per heavy atom. The smallest absolute Gasteiger partial charge is 0.325 e. The Labute approximate surface area is 116 Å². The molecule has 0 saturated heterocycles. The van der Waals surface area contributed by atoms with Gasteiger partial charge in [-0.2, -0.15) is 0 Å². The van der Waals surface area contributed by atoms with Crippen LogP contribution in [0.1, 0.15) is 19.4 Å². The fourth-order valence-electron chi connectivity index (χ4n) is 1.68. The van der Waals surface area contributed by atoms with Crippen LogP contribution in [0.5, 0.6) is 0 Å². The third kappa shape index (κ3) is 4.60. The quantitative estimate of drug-likeness (QED) is 0.750. The highest BCUT2D eigenvalue weighted by atomic mass is 19.1. The van der Waals surface area contributed by atoms with Crippen LogP contribution >= 0.6 is 0 Å². The molecule has 0 unspecified atom stereocenters. The van der Waals surface area contributed by atoms with Crippen LogP contribution in [0, 0.1) is 11.6 Å². The van der Waals surface area contributed by atoms with E-state index in [1.54, 1.807) is 13.8 Å². The van der Waals surface area contributed by atoms with Crippen molar-refractivity contribution in [3.05, 3.63) is 35.4 Å². The predicted molar refractivity (Wildman–Crippen MR) is 68.9 cm³/mol. The van der Waals surface area contributed by atoms with Gasteiger partial charge in [-0.1, -0.05) is 6.07 Å². The highest BCUT2D eigenvalue weighted by Crippen LogP contribution is 2.11. The lowest BCUT2D eigenvalue weighted by Gasteiger charge is -2.19. The molecule has 0 heterocycles. The summed E-state index contributed by atoms with van der Waals surface area (Å²) >= 11 is 0. The SMILES string of the molecule is CCOC(=O)CN(CC)C(=O)Cc1ccc(F)cc1F. The second-order valence-electron chi connectivity index (χ2n) is 4.13. The minimum absolute atomic E-state index is 0.0960. The van der Waals surface area contributed by atoms with E-state index in [4.69, 9.17) is 4.74 Å². The van der Waals surface area contributed by atoms with Gasteiger partial charge in [0.25, 0.3) is 0 Å². The van der Waals surface area contributed by atoms with E-state index in [1.165, 1.54) is 11.0 Å². The van der Waals surface area contributed by atoms with Crippen molar-refractivity contribution in [1.82, 2.24) is 4.90 Å². The van der Waals surface area contributed by atoms with Gasteiger partial charge in [0.15, 0.2) is 0 Å². The summed E-state index contributed by atoms with van der Waals surface area (Å²) in [6.07, 6.45) is -0.223. The summed E-state index contributed by atoms with van der Waals surface area (Å²) < 4.78 is 31.0. The van der Waals surface area contributed by atoms with Crippen LogP contribution < -0.4 is 0 Å². The van der Waals surface area contributed by atoms with Gasteiger partial charge in [0.1, 0.15) is 18.2 Å². The Morgan fingerprint density at radius 2 is 1.95 bits per heavy atom. The number of halogens is 2. The molecule has 0 aromatic heterocycles. The van der Waals surface area contributed by atoms with Crippen LogP contribution in [-0.2, 0) is 20.7 Å². The highest BCUT2D eigenvalue weighted by Gasteiger charge is 2.18. The maximum atomic E-state index is 13.5. The number of ether oxygens (including phenoxy) is 1. The van der Waals surface area contributed by atoms with Crippen LogP contribution in [0.3, 0.4) is 0 Å². The van der Waals surface area contributed by atoms with Crippen LogP contribution in [0.25, 0.3) is 0 Å². The molecule has 1 amide bonds. The van der Waals surface area contributed by atoms with Crippen LogP contribution in [0.2, 0.25) is 0 Å². The largest absolute Gasteiger partial charge is 0.465 e. The van der Waals surface area contributed by atoms with E-state index in [2.05, 4.69) is 0 Å². The summed E-state index contributed by atoms with van der Waals surface area (Å²) in [6.45, 7) is 3.74. The molecule has 1 aromatic rings. The van der Waals surface area contributed by atoms with Gasteiger partial charge >= 0.3 is 5.97 Å². The average Bonchev–Trinajstić information content (AvgIpc) is 2.39. The molecule has 1 rings (SSSR count). The Balaban J connectivity index is 2.69. The normalized spacial score (nSPS) is 10.2. The standard InChI is InChI=1S/C14H17F2NO3/c1-3-17(9-14(19)20-4-2)13(18)7-10-5-6-11(15)8-12(10)16/h5-6,8H,3-4,7,9H2,1-2H3. The molecule has 1 aromatic carbocycles. The molecular weight excluding hydrogens is 268 g/mol. The van der Waals surface area contributed by atoms with Crippen LogP contribution in [-0.4, -0.2) is 36.5 Å². The summed E-state index contributed by atoms with van der Waals surface area (Å²) in [5.74, 6) is -2.39. The average molecular weight is 285 g/mol. The van der Waals surface area contributed by atoms with E-state index in [-0.39, 0.29) is 25.1 Å². The first-order valence-corrected chi connectivity index (χ1v) is 6.35. The molecule has 0 spiro atoms. The topological polar surface area (TPSA) is 46.6 Å². The number of esters is 1. The van der Waals surface area contributed by atoms with Gasteiger partial charge in [-0.15, -0.1) is 0 Å². The number of likely N-dealkylation sites (N-methyl/N-ethyl adjacent to an activating group) is 1. The number of carbonyl (C=O) groups is 2. The summed E-state index contributed by atoms with van der Waals surface area (Å²) in [4.78, 5) is 24.6. The lowest BCUT2D eigenvalue weighted by Crippen LogP contribution is -2.37. The van der Waals surface area contributed by atoms with Gasteiger partial charge < -0.3 is 9.64 Å². The minimum atomic E-state index is -0.773. The van der Waals surface area contributed by atoms with E-state index < -0.39 is 23.5 Å². The van der Waals surface area contributed by atoms with E-state index in [0.717, 1.165) is 12.1 Å². The minimum Gasteiger partial charge on any atom is -0.465 e. The van der Waals surface area contributed by atoms with Crippen molar-refractivity contribution < 1.29 is 23.1 Å². The van der Waals surface area contributed by atoms with Crippen LogP contribution in [0.4, 0.5) is 8.78 Å². The molecule has 0 bridgehead atoms. The number of rotatable bonds is 6. The molecule has 0 saturated carbocycles. The number of hydrogen-bond acceptors (Lipinski definition) is 3. The van der Waals surface area contributed by atoms with Gasteiger partial charge in [-0.05, 0) is 25.5 Å². The van der Waals surface area contributed by atoms with Crippen molar-refractivity contribution >= 4 is 11.9 Å². The lowest BCUT2D eigenvalue weighted by molar-refractivity contribution is -0.148. The molecule has 6 heteroatoms. The number of carbonyl (C=O) groups excluding carboxylic acids is 2. The Bertz CT molecular complexity index is 491. The van der Waals surface area contributed by atoms with Gasteiger partial charge in [0.2, 0.25) is 5.91 Å². The Hall–Kier alpha value is -1.98. The van der Waals surface area contributed by atoms with Gasteiger partial charge in [-0.25, -0.2) is 8.78 Å². The summed E-state index contributed by atoms with van der Waals surface area (Å²) in [5.41, 5.74) is 0.0960. The summed E-state index contributed by atoms with van der Waals surface area (Å²) in [7, 11) is 0. The van der Waals surface area contributed by atoms with Gasteiger partial charge in [-0.3, -0.25) is 9.59 Å². The number of benzene rings is 1. The molecule has 0 aliphatic heterocycles. The Kier molecular flexibility index (Phi) is 6.09. The first-order valence-electron chi connectivity index (χ1n) is 6.35. The molecule has 0 aliphatic carbocycles. The number of nitrogens with zero attached hydrogens (tertiary/aromatic N) is 1. The second-order valence-corrected chi connectivity index (χ2v) is 4.13. The summed E-state index contributed by atoms with van der Waals surface area (Å²) in [6, 6.07) is 3.04. The zero-order chi connectivity index (χ0) is 15.1. The van der Waals surface area contributed by atoms with Crippen molar-refractivity contribution in [3.63, 3.8) is 0 Å². The van der Waals surface area contributed by atoms with E-state index >= 15 is 0 Å². The van der Waals surface area contributed by atoms with Crippen molar-refractivity contribution in [2.45, 2.75) is 20.3 Å². The summed E-state index contributed by atoms with van der Waals surface area (Å²) in [5, 5.41) is 0. The molecular formula is C14H17F2NO3. The van der Waals surface area contributed by atoms with Crippen molar-refractivity contribution in [2.24, 2.45) is 0 Å². The molecule has 110 valence electrons. The van der Waals surface area contributed by atoms with Crippen molar-refractivity contribution in [1.29, 1.82) is 0 Å². The predicted octanol–water partition coefficient (Wildman–Crippen LogP) is 1.92. The molecule has 20 heavy (non-hydrogen) atoms. The Morgan fingerprint density at radius 3 is 2.50 bits per heavy atom. The van der Waals surface area contributed by atoms with E-state index in [9.17, 15) is 18.4 Å². The maximum absolute atomic E-state index is 13.5. The highest BCUT2D eigenvalue weighted by molar-refractivity contribution is 5.83. The third-order valence-corrected chi connectivity index (χ3v) is 2.72. The monoisotopic (exact) mass is 285 g/mol. The first-order chi connectivity index (χ1) is 9.47. The van der Waals surface area contributed by atoms with E-state index in [0.29, 0.717) is 6.54 Å². The van der Waals surface area contributed by atoms with Crippen molar-refractivity contribution in [3.8, 4) is 0 Å². The molecule has 0 fully saturated rings. The fourth-order valence-corrected chi connectivity index (χ4v) is 1.68. The van der Waals surface area contributed by atoms with Gasteiger partial charge in [0, 0.05) is 12.6 Å².